The van der Waals surface area contributed by atoms with Gasteiger partial charge in [0.15, 0.2) is 0 Å². The fourth-order valence-electron chi connectivity index (χ4n) is 1.61. The molecule has 1 amide bonds. The van der Waals surface area contributed by atoms with Gasteiger partial charge >= 0.3 is 0 Å². The third-order valence-corrected chi connectivity index (χ3v) is 4.57. The van der Waals surface area contributed by atoms with Crippen molar-refractivity contribution < 1.29 is 9.00 Å². The highest BCUT2D eigenvalue weighted by Crippen LogP contribution is 2.18. The second-order valence-electron chi connectivity index (χ2n) is 4.60. The molecule has 1 rings (SSSR count). The Hall–Kier alpha value is -1.36. The number of unbranched alkanes of at least 4 members (excludes halogenated alkanes) is 1. The normalized spacial score (nSPS) is 13.8. The van der Waals surface area contributed by atoms with Gasteiger partial charge in [-0.15, -0.1) is 0 Å². The van der Waals surface area contributed by atoms with Crippen molar-refractivity contribution in [1.82, 2.24) is 5.32 Å². The molecule has 0 aromatic heterocycles. The number of rotatable bonds is 6. The number of anilines is 1. The van der Waals surface area contributed by atoms with Gasteiger partial charge in [-0.05, 0) is 44.0 Å². The van der Waals surface area contributed by atoms with Gasteiger partial charge in [0.25, 0.3) is 0 Å². The summed E-state index contributed by atoms with van der Waals surface area (Å²) in [6, 6.07) is 5.22. The molecule has 1 aromatic carbocycles. The Balaban J connectivity index is 2.70. The van der Waals surface area contributed by atoms with Crippen LogP contribution < -0.4 is 11.1 Å². The van der Waals surface area contributed by atoms with Crippen LogP contribution in [0.5, 0.6) is 0 Å². The Labute approximate surface area is 117 Å². The van der Waals surface area contributed by atoms with Gasteiger partial charge in [0.2, 0.25) is 5.91 Å². The first-order valence-corrected chi connectivity index (χ1v) is 7.73. The lowest BCUT2D eigenvalue weighted by molar-refractivity contribution is -0.120. The highest BCUT2D eigenvalue weighted by atomic mass is 32.2. The third kappa shape index (κ3) is 4.35. The predicted octanol–water partition coefficient (Wildman–Crippen LogP) is 1.99. The summed E-state index contributed by atoms with van der Waals surface area (Å²) in [6.45, 7) is 6.24. The number of nitrogens with two attached hydrogens (primary N) is 1. The minimum absolute atomic E-state index is 0.165. The van der Waals surface area contributed by atoms with Gasteiger partial charge in [-0.3, -0.25) is 9.00 Å². The second kappa shape index (κ2) is 7.28. The van der Waals surface area contributed by atoms with Crippen LogP contribution in [0.2, 0.25) is 0 Å². The standard InChI is InChI=1S/C14H22N2O2S/c1-4-5-8-16-14(17)11(3)19(18)12-6-7-13(15)10(2)9-12/h6-7,9,11H,4-5,8,15H2,1-3H3,(H,16,17). The average Bonchev–Trinajstić information content (AvgIpc) is 2.40. The monoisotopic (exact) mass is 282 g/mol. The molecule has 0 aliphatic heterocycles. The van der Waals surface area contributed by atoms with Crippen molar-refractivity contribution in [2.24, 2.45) is 0 Å². The topological polar surface area (TPSA) is 72.2 Å². The largest absolute Gasteiger partial charge is 0.399 e. The van der Waals surface area contributed by atoms with Crippen LogP contribution in [-0.4, -0.2) is 21.9 Å². The average molecular weight is 282 g/mol. The molecule has 0 aliphatic rings. The first-order valence-electron chi connectivity index (χ1n) is 6.51. The van der Waals surface area contributed by atoms with Crippen molar-refractivity contribution in [3.05, 3.63) is 23.8 Å². The van der Waals surface area contributed by atoms with Gasteiger partial charge in [0, 0.05) is 17.1 Å². The third-order valence-electron chi connectivity index (χ3n) is 2.99. The fourth-order valence-corrected chi connectivity index (χ4v) is 2.79. The molecule has 3 N–H and O–H groups in total. The maximum absolute atomic E-state index is 12.3. The minimum atomic E-state index is -1.35. The van der Waals surface area contributed by atoms with Crippen LogP contribution in [0.15, 0.2) is 23.1 Å². The lowest BCUT2D eigenvalue weighted by Gasteiger charge is -2.13. The van der Waals surface area contributed by atoms with Crippen molar-refractivity contribution in [2.45, 2.75) is 43.8 Å². The summed E-state index contributed by atoms with van der Waals surface area (Å²) < 4.78 is 12.3. The van der Waals surface area contributed by atoms with Crippen LogP contribution in [0.1, 0.15) is 32.3 Å². The van der Waals surface area contributed by atoms with Crippen LogP contribution in [0.4, 0.5) is 5.69 Å². The van der Waals surface area contributed by atoms with Gasteiger partial charge in [0.1, 0.15) is 5.25 Å². The Bertz CT molecular complexity index is 475. The lowest BCUT2D eigenvalue weighted by atomic mass is 10.2. The van der Waals surface area contributed by atoms with Gasteiger partial charge in [-0.25, -0.2) is 0 Å². The van der Waals surface area contributed by atoms with Gasteiger partial charge < -0.3 is 11.1 Å². The maximum atomic E-state index is 12.3. The number of carbonyl (C=O) groups is 1. The zero-order chi connectivity index (χ0) is 14.4. The van der Waals surface area contributed by atoms with E-state index in [0.29, 0.717) is 17.1 Å². The summed E-state index contributed by atoms with van der Waals surface area (Å²) in [5.41, 5.74) is 7.27. The Morgan fingerprint density at radius 2 is 2.16 bits per heavy atom. The highest BCUT2D eigenvalue weighted by molar-refractivity contribution is 7.86. The van der Waals surface area contributed by atoms with E-state index >= 15 is 0 Å². The molecule has 0 spiro atoms. The summed E-state index contributed by atoms with van der Waals surface area (Å²) in [7, 11) is -1.35. The highest BCUT2D eigenvalue weighted by Gasteiger charge is 2.21. The smallest absolute Gasteiger partial charge is 0.235 e. The quantitative estimate of drug-likeness (QED) is 0.619. The number of nitrogens with one attached hydrogen (secondary N) is 1. The minimum Gasteiger partial charge on any atom is -0.399 e. The summed E-state index contributed by atoms with van der Waals surface area (Å²) in [6.07, 6.45) is 1.96. The molecule has 0 fully saturated rings. The van der Waals surface area contributed by atoms with Crippen LogP contribution in [0.3, 0.4) is 0 Å². The molecule has 2 atom stereocenters. The van der Waals surface area contributed by atoms with E-state index < -0.39 is 16.0 Å². The van der Waals surface area contributed by atoms with Crippen molar-refractivity contribution in [2.75, 3.05) is 12.3 Å². The van der Waals surface area contributed by atoms with E-state index in [-0.39, 0.29) is 5.91 Å². The number of amides is 1. The zero-order valence-corrected chi connectivity index (χ0v) is 12.5. The van der Waals surface area contributed by atoms with E-state index in [4.69, 9.17) is 5.73 Å². The van der Waals surface area contributed by atoms with Crippen LogP contribution in [0, 0.1) is 6.92 Å². The van der Waals surface area contributed by atoms with E-state index in [1.54, 1.807) is 25.1 Å². The summed E-state index contributed by atoms with van der Waals surface area (Å²) in [5.74, 6) is -0.165. The predicted molar refractivity (Wildman–Crippen MR) is 79.4 cm³/mol. The number of carbonyl (C=O) groups excluding carboxylic acids is 1. The Morgan fingerprint density at radius 1 is 1.47 bits per heavy atom. The molecule has 4 nitrogen and oxygen atoms in total. The molecule has 0 saturated heterocycles. The maximum Gasteiger partial charge on any atom is 0.235 e. The Morgan fingerprint density at radius 3 is 2.74 bits per heavy atom. The van der Waals surface area contributed by atoms with Crippen LogP contribution >= 0.6 is 0 Å². The zero-order valence-electron chi connectivity index (χ0n) is 11.7. The molecule has 0 bridgehead atoms. The van der Waals surface area contributed by atoms with Gasteiger partial charge in [-0.2, -0.15) is 0 Å². The van der Waals surface area contributed by atoms with Gasteiger partial charge in [0.05, 0.1) is 10.8 Å². The molecule has 0 aliphatic carbocycles. The van der Waals surface area contributed by atoms with Crippen LogP contribution in [0.25, 0.3) is 0 Å². The summed E-state index contributed by atoms with van der Waals surface area (Å²) >= 11 is 0. The molecule has 0 radical (unpaired) electrons. The second-order valence-corrected chi connectivity index (χ2v) is 6.38. The first kappa shape index (κ1) is 15.7. The van der Waals surface area contributed by atoms with E-state index in [2.05, 4.69) is 12.2 Å². The first-order chi connectivity index (χ1) is 8.97. The summed E-state index contributed by atoms with van der Waals surface area (Å²) in [4.78, 5) is 12.5. The van der Waals surface area contributed by atoms with Crippen LogP contribution in [-0.2, 0) is 15.6 Å². The van der Waals surface area contributed by atoms with E-state index in [0.717, 1.165) is 18.4 Å². The van der Waals surface area contributed by atoms with Crippen molar-refractivity contribution in [3.8, 4) is 0 Å². The van der Waals surface area contributed by atoms with E-state index in [9.17, 15) is 9.00 Å². The van der Waals surface area contributed by atoms with Gasteiger partial charge in [-0.1, -0.05) is 13.3 Å². The number of hydrogen-bond donors (Lipinski definition) is 2. The molecule has 19 heavy (non-hydrogen) atoms. The fraction of sp³-hybridized carbons (Fsp3) is 0.500. The van der Waals surface area contributed by atoms with Crippen molar-refractivity contribution in [3.63, 3.8) is 0 Å². The molecule has 1 aromatic rings. The number of aryl methyl sites for hydroxylation is 1. The molecular formula is C14H22N2O2S. The lowest BCUT2D eigenvalue weighted by Crippen LogP contribution is -2.36. The number of benzene rings is 1. The molecule has 0 saturated carbocycles. The summed E-state index contributed by atoms with van der Waals surface area (Å²) in [5, 5.41) is 2.25. The van der Waals surface area contributed by atoms with E-state index in [1.165, 1.54) is 0 Å². The molecule has 2 unspecified atom stereocenters. The van der Waals surface area contributed by atoms with E-state index in [1.807, 2.05) is 6.92 Å². The molecule has 106 valence electrons. The Kier molecular flexibility index (Phi) is 6.02. The van der Waals surface area contributed by atoms with Crippen molar-refractivity contribution >= 4 is 22.4 Å². The van der Waals surface area contributed by atoms with Crippen molar-refractivity contribution in [1.29, 1.82) is 0 Å². The molecule has 5 heteroatoms. The SMILES string of the molecule is CCCCNC(=O)C(C)S(=O)c1ccc(N)c(C)c1. The number of hydrogen-bond acceptors (Lipinski definition) is 3. The molecular weight excluding hydrogens is 260 g/mol. The molecule has 0 heterocycles. The number of nitrogen functional groups attached to an aromatic ring is 1.